The summed E-state index contributed by atoms with van der Waals surface area (Å²) in [6, 6.07) is 10.2. The second-order valence-corrected chi connectivity index (χ2v) is 7.62. The van der Waals surface area contributed by atoms with Gasteiger partial charge >= 0.3 is 6.03 Å². The number of anilines is 1. The fourth-order valence-corrected chi connectivity index (χ4v) is 3.88. The number of rotatable bonds is 3. The van der Waals surface area contributed by atoms with E-state index >= 15 is 0 Å². The van der Waals surface area contributed by atoms with Gasteiger partial charge in [-0.25, -0.2) is 4.79 Å². The van der Waals surface area contributed by atoms with Crippen LogP contribution in [0.3, 0.4) is 0 Å². The number of carbonyl (C=O) groups is 3. The number of piperidine rings is 1. The molecule has 2 fully saturated rings. The Balaban J connectivity index is 1.32. The van der Waals surface area contributed by atoms with E-state index in [1.165, 1.54) is 12.7 Å². The molecule has 30 heavy (non-hydrogen) atoms. The Morgan fingerprint density at radius 1 is 0.767 bits per heavy atom. The van der Waals surface area contributed by atoms with Crippen molar-refractivity contribution in [3.63, 3.8) is 0 Å². The van der Waals surface area contributed by atoms with Gasteiger partial charge in [0.2, 0.25) is 0 Å². The van der Waals surface area contributed by atoms with Gasteiger partial charge in [0.05, 0.1) is 6.26 Å². The van der Waals surface area contributed by atoms with Crippen LogP contribution in [0.25, 0.3) is 0 Å². The SMILES string of the molecule is O=C(Nc1cccc(C(=O)N2CCCCC2)c1)N1CCN(C(=O)c2ccco2)CC1. The maximum atomic E-state index is 12.7. The third-order valence-corrected chi connectivity index (χ3v) is 5.59. The maximum Gasteiger partial charge on any atom is 0.321 e. The van der Waals surface area contributed by atoms with E-state index in [0.717, 1.165) is 25.9 Å². The zero-order chi connectivity index (χ0) is 20.9. The van der Waals surface area contributed by atoms with Gasteiger partial charge in [0.1, 0.15) is 0 Å². The molecule has 1 N–H and O–H groups in total. The highest BCUT2D eigenvalue weighted by Gasteiger charge is 2.26. The number of benzene rings is 1. The van der Waals surface area contributed by atoms with Crippen LogP contribution in [0.2, 0.25) is 0 Å². The molecule has 2 aliphatic heterocycles. The minimum absolute atomic E-state index is 0.0100. The van der Waals surface area contributed by atoms with E-state index in [1.54, 1.807) is 46.2 Å². The van der Waals surface area contributed by atoms with E-state index < -0.39 is 0 Å². The van der Waals surface area contributed by atoms with Gasteiger partial charge in [0, 0.05) is 50.5 Å². The molecule has 8 nitrogen and oxygen atoms in total. The highest BCUT2D eigenvalue weighted by Crippen LogP contribution is 2.17. The molecular formula is C22H26N4O4. The molecule has 0 aliphatic carbocycles. The summed E-state index contributed by atoms with van der Waals surface area (Å²) < 4.78 is 5.16. The molecule has 2 aliphatic rings. The summed E-state index contributed by atoms with van der Waals surface area (Å²) in [6.07, 6.45) is 4.72. The lowest BCUT2D eigenvalue weighted by Gasteiger charge is -2.34. The van der Waals surface area contributed by atoms with Gasteiger partial charge in [-0.15, -0.1) is 0 Å². The van der Waals surface area contributed by atoms with Crippen molar-refractivity contribution in [2.75, 3.05) is 44.6 Å². The van der Waals surface area contributed by atoms with Crippen LogP contribution in [-0.4, -0.2) is 71.8 Å². The first kappa shape index (κ1) is 20.0. The Morgan fingerprint density at radius 2 is 1.47 bits per heavy atom. The smallest absolute Gasteiger partial charge is 0.321 e. The molecule has 1 aromatic carbocycles. The molecule has 0 unspecified atom stereocenters. The molecule has 0 radical (unpaired) electrons. The number of likely N-dealkylation sites (tertiary alicyclic amines) is 1. The van der Waals surface area contributed by atoms with Gasteiger partial charge in [0.15, 0.2) is 5.76 Å². The largest absolute Gasteiger partial charge is 0.459 e. The Bertz CT molecular complexity index is 898. The second kappa shape index (κ2) is 9.02. The van der Waals surface area contributed by atoms with Gasteiger partial charge in [-0.05, 0) is 49.6 Å². The van der Waals surface area contributed by atoms with Gasteiger partial charge in [-0.2, -0.15) is 0 Å². The molecule has 2 saturated heterocycles. The van der Waals surface area contributed by atoms with Crippen LogP contribution in [0.4, 0.5) is 10.5 Å². The second-order valence-electron chi connectivity index (χ2n) is 7.62. The van der Waals surface area contributed by atoms with Gasteiger partial charge in [-0.1, -0.05) is 6.07 Å². The topological polar surface area (TPSA) is 86.1 Å². The van der Waals surface area contributed by atoms with Crippen LogP contribution >= 0.6 is 0 Å². The van der Waals surface area contributed by atoms with Crippen molar-refractivity contribution >= 4 is 23.5 Å². The van der Waals surface area contributed by atoms with Crippen molar-refractivity contribution in [3.05, 3.63) is 54.0 Å². The van der Waals surface area contributed by atoms with Crippen LogP contribution in [0, 0.1) is 0 Å². The van der Waals surface area contributed by atoms with E-state index in [2.05, 4.69) is 5.32 Å². The maximum absolute atomic E-state index is 12.7. The normalized spacial score (nSPS) is 17.0. The lowest BCUT2D eigenvalue weighted by molar-refractivity contribution is 0.0640. The molecule has 0 saturated carbocycles. The van der Waals surface area contributed by atoms with Crippen molar-refractivity contribution in [2.45, 2.75) is 19.3 Å². The molecule has 2 aromatic rings. The fourth-order valence-electron chi connectivity index (χ4n) is 3.88. The van der Waals surface area contributed by atoms with Crippen LogP contribution in [0.1, 0.15) is 40.2 Å². The number of hydrogen-bond donors (Lipinski definition) is 1. The van der Waals surface area contributed by atoms with Crippen LogP contribution < -0.4 is 5.32 Å². The van der Waals surface area contributed by atoms with Crippen molar-refractivity contribution in [1.29, 1.82) is 0 Å². The zero-order valence-corrected chi connectivity index (χ0v) is 16.9. The average molecular weight is 410 g/mol. The Labute approximate surface area is 175 Å². The van der Waals surface area contributed by atoms with E-state index in [0.29, 0.717) is 43.2 Å². The number of furan rings is 1. The monoisotopic (exact) mass is 410 g/mol. The highest BCUT2D eigenvalue weighted by molar-refractivity contribution is 5.97. The molecule has 0 bridgehead atoms. The molecule has 3 heterocycles. The van der Waals surface area contributed by atoms with E-state index in [9.17, 15) is 14.4 Å². The first-order valence-electron chi connectivity index (χ1n) is 10.4. The molecule has 4 rings (SSSR count). The number of carbonyl (C=O) groups excluding carboxylic acids is 3. The van der Waals surface area contributed by atoms with Gasteiger partial charge in [-0.3, -0.25) is 9.59 Å². The number of hydrogen-bond acceptors (Lipinski definition) is 4. The lowest BCUT2D eigenvalue weighted by Crippen LogP contribution is -2.51. The van der Waals surface area contributed by atoms with E-state index in [-0.39, 0.29) is 17.8 Å². The summed E-state index contributed by atoms with van der Waals surface area (Å²) in [5.41, 5.74) is 1.18. The Morgan fingerprint density at radius 3 is 2.17 bits per heavy atom. The number of urea groups is 1. The van der Waals surface area contributed by atoms with Crippen molar-refractivity contribution in [1.82, 2.24) is 14.7 Å². The molecular weight excluding hydrogens is 384 g/mol. The summed E-state index contributed by atoms with van der Waals surface area (Å²) in [6.45, 7) is 3.34. The predicted molar refractivity (Wildman–Crippen MR) is 111 cm³/mol. The predicted octanol–water partition coefficient (Wildman–Crippen LogP) is 2.90. The average Bonchev–Trinajstić information content (AvgIpc) is 3.34. The first-order valence-corrected chi connectivity index (χ1v) is 10.4. The standard InChI is InChI=1S/C22H26N4O4/c27-20(24-9-2-1-3-10-24)17-6-4-7-18(16-17)23-22(29)26-13-11-25(12-14-26)21(28)19-8-5-15-30-19/h4-8,15-16H,1-3,9-14H2,(H,23,29). The minimum Gasteiger partial charge on any atom is -0.459 e. The van der Waals surface area contributed by atoms with Crippen molar-refractivity contribution in [2.24, 2.45) is 0 Å². The van der Waals surface area contributed by atoms with Crippen LogP contribution in [0.15, 0.2) is 47.1 Å². The number of amides is 4. The highest BCUT2D eigenvalue weighted by atomic mass is 16.3. The Hall–Kier alpha value is -3.29. The first-order chi connectivity index (χ1) is 14.6. The molecule has 1 aromatic heterocycles. The molecule has 0 spiro atoms. The fraction of sp³-hybridized carbons (Fsp3) is 0.409. The summed E-state index contributed by atoms with van der Waals surface area (Å²) in [4.78, 5) is 42.9. The Kier molecular flexibility index (Phi) is 6.02. The number of nitrogens with one attached hydrogen (secondary N) is 1. The quantitative estimate of drug-likeness (QED) is 0.843. The third-order valence-electron chi connectivity index (χ3n) is 5.59. The number of piperazine rings is 1. The van der Waals surface area contributed by atoms with E-state index in [4.69, 9.17) is 4.42 Å². The third kappa shape index (κ3) is 4.48. The zero-order valence-electron chi connectivity index (χ0n) is 16.9. The molecule has 0 atom stereocenters. The van der Waals surface area contributed by atoms with Gasteiger partial charge in [0.25, 0.3) is 11.8 Å². The lowest BCUT2D eigenvalue weighted by atomic mass is 10.1. The van der Waals surface area contributed by atoms with Crippen molar-refractivity contribution < 1.29 is 18.8 Å². The molecule has 158 valence electrons. The summed E-state index contributed by atoms with van der Waals surface area (Å²) >= 11 is 0. The van der Waals surface area contributed by atoms with Crippen molar-refractivity contribution in [3.8, 4) is 0 Å². The summed E-state index contributed by atoms with van der Waals surface area (Å²) in [5, 5.41) is 2.88. The van der Waals surface area contributed by atoms with Gasteiger partial charge < -0.3 is 24.4 Å². The summed E-state index contributed by atoms with van der Waals surface area (Å²) in [7, 11) is 0. The molecule has 8 heteroatoms. The molecule has 4 amide bonds. The van der Waals surface area contributed by atoms with E-state index in [1.807, 2.05) is 4.90 Å². The summed E-state index contributed by atoms with van der Waals surface area (Å²) in [5.74, 6) is 0.155. The van der Waals surface area contributed by atoms with Crippen LogP contribution in [0.5, 0.6) is 0 Å². The minimum atomic E-state index is -0.234. The number of nitrogens with zero attached hydrogens (tertiary/aromatic N) is 3. The van der Waals surface area contributed by atoms with Crippen LogP contribution in [-0.2, 0) is 0 Å².